The minimum atomic E-state index is -1.40. The lowest BCUT2D eigenvalue weighted by molar-refractivity contribution is -0.0190. The molecule has 0 bridgehead atoms. The van der Waals surface area contributed by atoms with Crippen molar-refractivity contribution in [2.45, 2.75) is 12.6 Å². The standard InChI is InChI=1S/C4H10O5S2/c5-3(6)1-10-9-11-2-4(7)8/h3-8H,1-2H2. The lowest BCUT2D eigenvalue weighted by atomic mass is 10.8. The van der Waals surface area contributed by atoms with Crippen molar-refractivity contribution in [1.82, 2.24) is 0 Å². The van der Waals surface area contributed by atoms with Crippen LogP contribution < -0.4 is 0 Å². The molecule has 0 aliphatic heterocycles. The largest absolute Gasteiger partial charge is 0.367 e. The van der Waals surface area contributed by atoms with Gasteiger partial charge < -0.3 is 20.4 Å². The van der Waals surface area contributed by atoms with Crippen LogP contribution in [0.1, 0.15) is 0 Å². The molecule has 0 heterocycles. The van der Waals surface area contributed by atoms with Gasteiger partial charge in [-0.3, -0.25) is 0 Å². The average molecular weight is 202 g/mol. The van der Waals surface area contributed by atoms with Crippen molar-refractivity contribution in [2.75, 3.05) is 11.5 Å². The van der Waals surface area contributed by atoms with Crippen LogP contribution in [0.25, 0.3) is 0 Å². The molecule has 0 aromatic heterocycles. The van der Waals surface area contributed by atoms with Crippen molar-refractivity contribution in [2.24, 2.45) is 0 Å². The van der Waals surface area contributed by atoms with Gasteiger partial charge in [0, 0.05) is 24.1 Å². The number of aliphatic hydroxyl groups excluding tert-OH is 2. The van der Waals surface area contributed by atoms with Gasteiger partial charge in [-0.05, 0) is 0 Å². The third kappa shape index (κ3) is 10.5. The second-order valence-corrected chi connectivity index (χ2v) is 3.28. The molecule has 0 amide bonds. The highest BCUT2D eigenvalue weighted by atomic mass is 32.2. The summed E-state index contributed by atoms with van der Waals surface area (Å²) < 4.78 is 4.65. The summed E-state index contributed by atoms with van der Waals surface area (Å²) in [6.45, 7) is 0. The van der Waals surface area contributed by atoms with Crippen LogP contribution in [0.3, 0.4) is 0 Å². The molecule has 0 fully saturated rings. The zero-order valence-electron chi connectivity index (χ0n) is 5.58. The van der Waals surface area contributed by atoms with E-state index in [2.05, 4.69) is 3.63 Å². The van der Waals surface area contributed by atoms with Gasteiger partial charge in [0.25, 0.3) is 0 Å². The molecular formula is C4H10O5S2. The van der Waals surface area contributed by atoms with E-state index in [0.717, 1.165) is 24.1 Å². The Morgan fingerprint density at radius 2 is 1.27 bits per heavy atom. The first-order valence-electron chi connectivity index (χ1n) is 2.76. The first-order valence-corrected chi connectivity index (χ1v) is 4.58. The molecule has 0 radical (unpaired) electrons. The summed E-state index contributed by atoms with van der Waals surface area (Å²) in [6, 6.07) is 0. The van der Waals surface area contributed by atoms with Crippen LogP contribution in [-0.2, 0) is 3.63 Å². The SMILES string of the molecule is OC(O)CSOSCC(O)O. The normalized spacial score (nSPS) is 11.5. The second-order valence-electron chi connectivity index (χ2n) is 1.60. The highest BCUT2D eigenvalue weighted by Gasteiger charge is 2.00. The van der Waals surface area contributed by atoms with Crippen molar-refractivity contribution in [3.05, 3.63) is 0 Å². The average Bonchev–Trinajstić information content (AvgIpc) is 1.85. The van der Waals surface area contributed by atoms with E-state index in [9.17, 15) is 0 Å². The molecular weight excluding hydrogens is 192 g/mol. The van der Waals surface area contributed by atoms with Crippen LogP contribution in [0.15, 0.2) is 0 Å². The van der Waals surface area contributed by atoms with Crippen LogP contribution in [0.2, 0.25) is 0 Å². The molecule has 0 aliphatic rings. The van der Waals surface area contributed by atoms with Crippen LogP contribution in [0.5, 0.6) is 0 Å². The Morgan fingerprint density at radius 3 is 1.55 bits per heavy atom. The molecule has 11 heavy (non-hydrogen) atoms. The highest BCUT2D eigenvalue weighted by molar-refractivity contribution is 8.07. The van der Waals surface area contributed by atoms with Gasteiger partial charge >= 0.3 is 0 Å². The van der Waals surface area contributed by atoms with Crippen molar-refractivity contribution in [1.29, 1.82) is 0 Å². The minimum Gasteiger partial charge on any atom is -0.367 e. The first kappa shape index (κ1) is 11.5. The minimum absolute atomic E-state index is 0.0362. The molecule has 0 saturated heterocycles. The topological polar surface area (TPSA) is 90.2 Å². The predicted molar refractivity (Wildman–Crippen MR) is 42.5 cm³/mol. The van der Waals surface area contributed by atoms with Crippen molar-refractivity contribution < 1.29 is 24.1 Å². The Balaban J connectivity index is 2.91. The van der Waals surface area contributed by atoms with Gasteiger partial charge in [0.1, 0.15) is 0 Å². The molecule has 4 N–H and O–H groups in total. The molecule has 68 valence electrons. The van der Waals surface area contributed by atoms with Crippen molar-refractivity contribution in [3.8, 4) is 0 Å². The van der Waals surface area contributed by atoms with Crippen LogP contribution in [0.4, 0.5) is 0 Å². The summed E-state index contributed by atoms with van der Waals surface area (Å²) in [5.74, 6) is 0.0725. The van der Waals surface area contributed by atoms with E-state index in [1.807, 2.05) is 0 Å². The molecule has 0 aliphatic carbocycles. The fraction of sp³-hybridized carbons (Fsp3) is 1.00. The lowest BCUT2D eigenvalue weighted by Gasteiger charge is -2.03. The molecule has 0 atom stereocenters. The Bertz CT molecular complexity index is 78.6. The van der Waals surface area contributed by atoms with Crippen molar-refractivity contribution in [3.63, 3.8) is 0 Å². The zero-order valence-corrected chi connectivity index (χ0v) is 7.22. The van der Waals surface area contributed by atoms with E-state index in [0.29, 0.717) is 0 Å². The molecule has 0 spiro atoms. The van der Waals surface area contributed by atoms with E-state index in [4.69, 9.17) is 20.4 Å². The summed E-state index contributed by atoms with van der Waals surface area (Å²) >= 11 is 1.69. The monoisotopic (exact) mass is 202 g/mol. The summed E-state index contributed by atoms with van der Waals surface area (Å²) in [4.78, 5) is 0. The summed E-state index contributed by atoms with van der Waals surface area (Å²) in [7, 11) is 0. The smallest absolute Gasteiger partial charge is 0.162 e. The first-order chi connectivity index (χ1) is 5.13. The number of hydrogen-bond acceptors (Lipinski definition) is 7. The number of rotatable bonds is 6. The Hall–Kier alpha value is 0.500. The lowest BCUT2D eigenvalue weighted by Crippen LogP contribution is -2.08. The fourth-order valence-electron chi connectivity index (χ4n) is 0.211. The molecule has 7 heteroatoms. The van der Waals surface area contributed by atoms with Gasteiger partial charge in [-0.1, -0.05) is 0 Å². The van der Waals surface area contributed by atoms with E-state index >= 15 is 0 Å². The van der Waals surface area contributed by atoms with Gasteiger partial charge in [0.15, 0.2) is 12.6 Å². The molecule has 0 aromatic rings. The van der Waals surface area contributed by atoms with Gasteiger partial charge in [0.05, 0.1) is 11.5 Å². The van der Waals surface area contributed by atoms with Gasteiger partial charge in [-0.15, -0.1) is 0 Å². The number of hydrogen-bond donors (Lipinski definition) is 4. The molecule has 5 nitrogen and oxygen atoms in total. The summed E-state index contributed by atoms with van der Waals surface area (Å²) in [6.07, 6.45) is -2.81. The third-order valence-electron chi connectivity index (χ3n) is 0.530. The van der Waals surface area contributed by atoms with E-state index in [1.54, 1.807) is 0 Å². The van der Waals surface area contributed by atoms with Gasteiger partial charge in [0.2, 0.25) is 0 Å². The van der Waals surface area contributed by atoms with Crippen molar-refractivity contribution >= 4 is 24.1 Å². The second kappa shape index (κ2) is 7.17. The maximum absolute atomic E-state index is 8.31. The van der Waals surface area contributed by atoms with Crippen LogP contribution >= 0.6 is 24.1 Å². The zero-order chi connectivity index (χ0) is 8.69. The maximum Gasteiger partial charge on any atom is 0.162 e. The molecule has 0 unspecified atom stereocenters. The summed E-state index contributed by atoms with van der Waals surface area (Å²) in [5.41, 5.74) is 0. The molecule has 0 saturated carbocycles. The third-order valence-corrected chi connectivity index (χ3v) is 2.17. The van der Waals surface area contributed by atoms with Gasteiger partial charge in [-0.2, -0.15) is 0 Å². The fourth-order valence-corrected chi connectivity index (χ4v) is 1.17. The Morgan fingerprint density at radius 1 is 0.909 bits per heavy atom. The van der Waals surface area contributed by atoms with Gasteiger partial charge in [-0.25, -0.2) is 3.63 Å². The highest BCUT2D eigenvalue weighted by Crippen LogP contribution is 2.15. The van der Waals surface area contributed by atoms with E-state index < -0.39 is 12.6 Å². The Labute approximate surface area is 72.8 Å². The van der Waals surface area contributed by atoms with Crippen LogP contribution in [0, 0.1) is 0 Å². The summed E-state index contributed by atoms with van der Waals surface area (Å²) in [5, 5.41) is 33.2. The molecule has 0 rings (SSSR count). The Kier molecular flexibility index (Phi) is 7.49. The van der Waals surface area contributed by atoms with E-state index in [-0.39, 0.29) is 11.5 Å². The number of aliphatic hydroxyl groups is 4. The van der Waals surface area contributed by atoms with Crippen LogP contribution in [-0.4, -0.2) is 44.5 Å². The van der Waals surface area contributed by atoms with E-state index in [1.165, 1.54) is 0 Å². The molecule has 0 aromatic carbocycles. The quantitative estimate of drug-likeness (QED) is 0.247. The predicted octanol–water partition coefficient (Wildman–Crippen LogP) is -1.08. The maximum atomic E-state index is 8.31.